The van der Waals surface area contributed by atoms with Gasteiger partial charge < -0.3 is 14.3 Å². The number of thiophene rings is 1. The molecule has 2 N–H and O–H groups in total. The van der Waals surface area contributed by atoms with Crippen LogP contribution in [0.25, 0.3) is 10.3 Å². The fourth-order valence-electron chi connectivity index (χ4n) is 2.30. The molecule has 0 radical (unpaired) electrons. The first-order valence-corrected chi connectivity index (χ1v) is 8.56. The van der Waals surface area contributed by atoms with Crippen LogP contribution in [0.3, 0.4) is 0 Å². The van der Waals surface area contributed by atoms with Gasteiger partial charge in [0.15, 0.2) is 5.58 Å². The van der Waals surface area contributed by atoms with Gasteiger partial charge in [-0.3, -0.25) is 10.2 Å². The maximum Gasteiger partial charge on any atom is 0.573 e. The van der Waals surface area contributed by atoms with Crippen molar-refractivity contribution in [2.75, 3.05) is 17.3 Å². The van der Waals surface area contributed by atoms with Gasteiger partial charge in [0, 0.05) is 18.8 Å². The van der Waals surface area contributed by atoms with Gasteiger partial charge in [0.1, 0.15) is 16.3 Å². The number of hydrogen-bond donors (Lipinski definition) is 2. The molecule has 8 nitrogen and oxygen atoms in total. The molecule has 0 aliphatic heterocycles. The van der Waals surface area contributed by atoms with Crippen LogP contribution in [0.1, 0.15) is 10.4 Å². The molecule has 0 fully saturated rings. The normalized spacial score (nSPS) is 11.3. The Balaban J connectivity index is 1.75. The average molecular weight is 428 g/mol. The minimum absolute atomic E-state index is 0.108. The van der Waals surface area contributed by atoms with Gasteiger partial charge in [-0.15, -0.1) is 24.5 Å². The van der Waals surface area contributed by atoms with Gasteiger partial charge in [0.25, 0.3) is 0 Å². The number of alkyl halides is 3. The molecule has 0 unspecified atom stereocenters. The van der Waals surface area contributed by atoms with E-state index in [4.69, 9.17) is 9.52 Å². The third-order valence-electron chi connectivity index (χ3n) is 3.65. The first-order chi connectivity index (χ1) is 13.5. The first-order valence-electron chi connectivity index (χ1n) is 7.75. The Hall–Kier alpha value is -3.54. The lowest BCUT2D eigenvalue weighted by Crippen LogP contribution is -2.30. The molecule has 2 aromatic heterocycles. The van der Waals surface area contributed by atoms with Crippen LogP contribution in [0.2, 0.25) is 0 Å². The monoisotopic (exact) mass is 428 g/mol. The van der Waals surface area contributed by atoms with E-state index in [-0.39, 0.29) is 16.3 Å². The van der Waals surface area contributed by atoms with E-state index in [1.807, 2.05) is 0 Å². The number of carboxylic acids is 1. The summed E-state index contributed by atoms with van der Waals surface area (Å²) < 4.78 is 45.6. The lowest BCUT2D eigenvalue weighted by molar-refractivity contribution is -0.274. The molecule has 2 heterocycles. The summed E-state index contributed by atoms with van der Waals surface area (Å²) in [6.45, 7) is 0. The molecule has 29 heavy (non-hydrogen) atoms. The number of carboxylic acid groups (broad SMARTS) is 1. The fourth-order valence-corrected chi connectivity index (χ4v) is 3.22. The highest BCUT2D eigenvalue weighted by atomic mass is 32.1. The predicted molar refractivity (Wildman–Crippen MR) is 97.9 cm³/mol. The van der Waals surface area contributed by atoms with Crippen LogP contribution in [0.15, 0.2) is 45.6 Å². The highest BCUT2D eigenvalue weighted by Gasteiger charge is 2.31. The molecule has 0 aliphatic rings. The van der Waals surface area contributed by atoms with Crippen LogP contribution in [0, 0.1) is 0 Å². The minimum Gasteiger partial charge on any atom is -0.477 e. The average Bonchev–Trinajstić information content (AvgIpc) is 3.00. The quantitative estimate of drug-likeness (QED) is 0.647. The number of aromatic carboxylic acids is 1. The maximum absolute atomic E-state index is 12.4. The lowest BCUT2D eigenvalue weighted by Gasteiger charge is -2.18. The molecule has 0 aliphatic carbocycles. The Morgan fingerprint density at radius 3 is 2.45 bits per heavy atom. The largest absolute Gasteiger partial charge is 0.573 e. The zero-order chi connectivity index (χ0) is 21.3. The lowest BCUT2D eigenvalue weighted by atomic mass is 10.3. The third-order valence-corrected chi connectivity index (χ3v) is 4.62. The second kappa shape index (κ2) is 7.47. The number of benzene rings is 1. The van der Waals surface area contributed by atoms with Gasteiger partial charge in [-0.1, -0.05) is 0 Å². The zero-order valence-electron chi connectivity index (χ0n) is 14.4. The van der Waals surface area contributed by atoms with Crippen LogP contribution < -0.4 is 20.6 Å². The van der Waals surface area contributed by atoms with Crippen LogP contribution in [-0.2, 0) is 0 Å². The number of halogens is 3. The number of hydrogen-bond acceptors (Lipinski definition) is 6. The second-order valence-corrected chi connectivity index (χ2v) is 6.71. The van der Waals surface area contributed by atoms with Crippen LogP contribution >= 0.6 is 11.3 Å². The van der Waals surface area contributed by atoms with E-state index in [2.05, 4.69) is 10.1 Å². The summed E-state index contributed by atoms with van der Waals surface area (Å²) in [5.74, 6) is -1.86. The van der Waals surface area contributed by atoms with Crippen molar-refractivity contribution in [1.82, 2.24) is 0 Å². The molecule has 3 rings (SSSR count). The number of carbonyl (C=O) groups is 2. The number of amides is 2. The van der Waals surface area contributed by atoms with Gasteiger partial charge in [-0.25, -0.2) is 14.4 Å². The first kappa shape index (κ1) is 20.2. The molecular formula is C17H11F3N2O6S. The van der Waals surface area contributed by atoms with E-state index in [1.54, 1.807) is 0 Å². The van der Waals surface area contributed by atoms with E-state index in [9.17, 15) is 27.6 Å². The summed E-state index contributed by atoms with van der Waals surface area (Å²) in [5.41, 5.74) is -1.15. The molecule has 3 aromatic rings. The number of carbonyl (C=O) groups excluding carboxylic acids is 1. The molecule has 0 saturated carbocycles. The van der Waals surface area contributed by atoms with Crippen molar-refractivity contribution in [3.63, 3.8) is 0 Å². The van der Waals surface area contributed by atoms with E-state index < -0.39 is 35.3 Å². The Morgan fingerprint density at radius 1 is 1.21 bits per heavy atom. The molecular weight excluding hydrogens is 417 g/mol. The number of anilines is 2. The minimum atomic E-state index is -4.82. The van der Waals surface area contributed by atoms with Crippen molar-refractivity contribution in [3.8, 4) is 5.75 Å². The van der Waals surface area contributed by atoms with Crippen LogP contribution in [0.4, 0.5) is 28.7 Å². The zero-order valence-corrected chi connectivity index (χ0v) is 15.3. The number of rotatable bonds is 4. The van der Waals surface area contributed by atoms with Crippen molar-refractivity contribution >= 4 is 44.3 Å². The molecule has 0 saturated heterocycles. The van der Waals surface area contributed by atoms with Crippen molar-refractivity contribution in [1.29, 1.82) is 0 Å². The SMILES string of the molecule is CN(C(=O)Nc1cc2oc(=O)c(C(=O)O)cc2s1)c1ccc(OC(F)(F)F)cc1. The second-order valence-electron chi connectivity index (χ2n) is 5.62. The Bertz CT molecular complexity index is 1140. The Labute approximate surface area is 163 Å². The van der Waals surface area contributed by atoms with Crippen LogP contribution in [0.5, 0.6) is 5.75 Å². The van der Waals surface area contributed by atoms with Gasteiger partial charge in [-0.2, -0.15) is 0 Å². The van der Waals surface area contributed by atoms with E-state index >= 15 is 0 Å². The Kier molecular flexibility index (Phi) is 5.20. The summed E-state index contributed by atoms with van der Waals surface area (Å²) >= 11 is 0.988. The maximum atomic E-state index is 12.4. The number of nitrogens with one attached hydrogen (secondary N) is 1. The summed E-state index contributed by atoms with van der Waals surface area (Å²) in [4.78, 5) is 36.1. The molecule has 152 valence electrons. The number of nitrogens with zero attached hydrogens (tertiary/aromatic N) is 1. The summed E-state index contributed by atoms with van der Waals surface area (Å²) in [6.07, 6.45) is -4.82. The standard InChI is InChI=1S/C17H11F3N2O6S/c1-22(8-2-4-9(5-3-8)28-17(18,19)20)16(26)21-13-7-11-12(29-13)6-10(14(23)24)15(25)27-11/h2-7H,1H3,(H,21,26)(H,23,24). The highest BCUT2D eigenvalue weighted by molar-refractivity contribution is 7.22. The molecule has 12 heteroatoms. The van der Waals surface area contributed by atoms with Gasteiger partial charge in [0.05, 0.1) is 4.70 Å². The fraction of sp³-hybridized carbons (Fsp3) is 0.118. The van der Waals surface area contributed by atoms with Gasteiger partial charge in [-0.05, 0) is 30.3 Å². The predicted octanol–water partition coefficient (Wildman–Crippen LogP) is 4.12. The molecule has 2 amide bonds. The van der Waals surface area contributed by atoms with Crippen molar-refractivity contribution in [2.24, 2.45) is 0 Å². The molecule has 0 bridgehead atoms. The molecule has 1 aromatic carbocycles. The van der Waals surface area contributed by atoms with Crippen molar-refractivity contribution in [3.05, 3.63) is 52.4 Å². The summed E-state index contributed by atoms with van der Waals surface area (Å²) in [7, 11) is 1.39. The summed E-state index contributed by atoms with van der Waals surface area (Å²) in [5, 5.41) is 11.8. The summed E-state index contributed by atoms with van der Waals surface area (Å²) in [6, 6.07) is 6.55. The van der Waals surface area contributed by atoms with Gasteiger partial charge >= 0.3 is 24.0 Å². The number of urea groups is 1. The smallest absolute Gasteiger partial charge is 0.477 e. The van der Waals surface area contributed by atoms with Crippen molar-refractivity contribution < 1.29 is 37.0 Å². The van der Waals surface area contributed by atoms with Gasteiger partial charge in [0.2, 0.25) is 0 Å². The van der Waals surface area contributed by atoms with E-state index in [1.165, 1.54) is 25.2 Å². The molecule has 0 spiro atoms. The number of fused-ring (bicyclic) bond motifs is 1. The topological polar surface area (TPSA) is 109 Å². The van der Waals surface area contributed by atoms with E-state index in [0.29, 0.717) is 4.70 Å². The van der Waals surface area contributed by atoms with Crippen molar-refractivity contribution in [2.45, 2.75) is 6.36 Å². The number of ether oxygens (including phenoxy) is 1. The third kappa shape index (κ3) is 4.66. The van der Waals surface area contributed by atoms with Crippen LogP contribution in [-0.4, -0.2) is 30.5 Å². The highest BCUT2D eigenvalue weighted by Crippen LogP contribution is 2.30. The molecule has 0 atom stereocenters. The Morgan fingerprint density at radius 2 is 1.86 bits per heavy atom. The van der Waals surface area contributed by atoms with E-state index in [0.717, 1.165) is 34.4 Å².